The van der Waals surface area contributed by atoms with E-state index >= 15 is 0 Å². The Kier molecular flexibility index (Phi) is 25.3. The Bertz CT molecular complexity index is 1990. The number of rotatable bonds is 20. The number of nitrogens with zero attached hydrogens (tertiary/aromatic N) is 1. The number of carbonyl (C=O) groups is 1. The smallest absolute Gasteiger partial charge is 0.382 e. The number of carboxylic acid groups (broad SMARTS) is 1. The minimum atomic E-state index is -3.77. The summed E-state index contributed by atoms with van der Waals surface area (Å²) in [6.07, 6.45) is 19.0. The summed E-state index contributed by atoms with van der Waals surface area (Å²) in [5, 5.41) is 35.1. The molecule has 52 heavy (non-hydrogen) atoms. The van der Waals surface area contributed by atoms with Gasteiger partial charge in [0.1, 0.15) is 17.2 Å². The molecule has 1 aromatic carbocycles. The van der Waals surface area contributed by atoms with E-state index in [0.717, 1.165) is 37.8 Å². The van der Waals surface area contributed by atoms with Crippen molar-refractivity contribution < 1.29 is 28.5 Å². The molecular weight excluding hydrogens is 693 g/mol. The Balaban J connectivity index is 2.74. The van der Waals surface area contributed by atoms with Crippen LogP contribution in [0.3, 0.4) is 0 Å². The normalized spacial score (nSPS) is 9.96. The van der Waals surface area contributed by atoms with Gasteiger partial charge in [-0.15, -0.1) is 0 Å². The van der Waals surface area contributed by atoms with Crippen LogP contribution in [0, 0.1) is 93.4 Å². The van der Waals surface area contributed by atoms with E-state index in [1.807, 2.05) is 5.92 Å². The highest BCUT2D eigenvalue weighted by Crippen LogP contribution is 2.37. The molecule has 0 aliphatic rings. The average Bonchev–Trinajstić information content (AvgIpc) is 3.10. The first-order valence-corrected chi connectivity index (χ1v) is 20.2. The number of phenolic OH excluding ortho intramolecular Hbond substituents is 2. The van der Waals surface area contributed by atoms with Crippen molar-refractivity contribution in [3.8, 4) is 105 Å². The number of phenols is 2. The van der Waals surface area contributed by atoms with Crippen LogP contribution in [0.15, 0.2) is 16.5 Å². The fourth-order valence-corrected chi connectivity index (χ4v) is 6.46. The second kappa shape index (κ2) is 29.4. The Hall–Kier alpha value is -5.33. The Morgan fingerprint density at radius 2 is 1.10 bits per heavy atom. The van der Waals surface area contributed by atoms with Crippen molar-refractivity contribution in [2.45, 2.75) is 117 Å². The van der Waals surface area contributed by atoms with Gasteiger partial charge in [0.15, 0.2) is 0 Å². The number of unbranched alkanes of at least 4 members (excludes halogenated alkanes) is 15. The van der Waals surface area contributed by atoms with Crippen LogP contribution in [-0.2, 0) is 25.5 Å². The second-order valence-corrected chi connectivity index (χ2v) is 14.3. The van der Waals surface area contributed by atoms with Crippen molar-refractivity contribution in [1.82, 2.24) is 0 Å². The summed E-state index contributed by atoms with van der Waals surface area (Å²) in [5.41, 5.74) is -0.270. The molecule has 0 saturated heterocycles. The van der Waals surface area contributed by atoms with Gasteiger partial charge in [0.25, 0.3) is 0 Å². The van der Waals surface area contributed by atoms with E-state index in [2.05, 4.69) is 103 Å². The molecule has 4 N–H and O–H groups in total. The summed E-state index contributed by atoms with van der Waals surface area (Å²) in [4.78, 5) is 10.4. The number of benzene rings is 1. The summed E-state index contributed by atoms with van der Waals surface area (Å²) in [6.45, 7) is 3.89. The van der Waals surface area contributed by atoms with Gasteiger partial charge in [-0.25, -0.2) is 13.2 Å². The monoisotopic (exact) mass is 738 g/mol. The molecule has 0 radical (unpaired) electrons. The molecule has 0 fully saturated rings. The molecule has 1 unspecified atom stereocenters. The number of anilines is 1. The lowest BCUT2D eigenvalue weighted by Gasteiger charge is -2.11. The van der Waals surface area contributed by atoms with Crippen molar-refractivity contribution in [1.29, 1.82) is 0 Å². The van der Waals surface area contributed by atoms with Crippen molar-refractivity contribution in [2.24, 2.45) is 4.36 Å². The molecule has 0 aliphatic heterocycles. The lowest BCUT2D eigenvalue weighted by molar-refractivity contribution is -0.130. The maximum absolute atomic E-state index is 12.7. The zero-order chi connectivity index (χ0) is 38.1. The first-order chi connectivity index (χ1) is 25.2. The van der Waals surface area contributed by atoms with E-state index in [9.17, 15) is 23.4 Å². The molecule has 272 valence electrons. The molecule has 10 heteroatoms. The van der Waals surface area contributed by atoms with Gasteiger partial charge < -0.3 is 15.3 Å². The quantitative estimate of drug-likeness (QED) is 0.0472. The summed E-state index contributed by atoms with van der Waals surface area (Å²) >= 11 is 0. The zero-order valence-electron chi connectivity index (χ0n) is 30.0. The molecule has 8 nitrogen and oxygen atoms in total. The van der Waals surface area contributed by atoms with Crippen LogP contribution in [0.4, 0.5) is 11.4 Å². The molecule has 0 aliphatic carbocycles. The highest BCUT2D eigenvalue weighted by Gasteiger charge is 2.16. The lowest BCUT2D eigenvalue weighted by atomic mass is 10.0. The summed E-state index contributed by atoms with van der Waals surface area (Å²) in [5.74, 6) is 31.3. The minimum absolute atomic E-state index is 0.0900. The molecule has 0 aromatic heterocycles. The third-order valence-corrected chi connectivity index (χ3v) is 9.36. The second-order valence-electron chi connectivity index (χ2n) is 11.3. The van der Waals surface area contributed by atoms with E-state index in [1.54, 1.807) is 6.92 Å². The number of nitrogens with one attached hydrogen (secondary N) is 1. The predicted octanol–water partition coefficient (Wildman–Crippen LogP) is 7.58. The van der Waals surface area contributed by atoms with Gasteiger partial charge in [-0.1, -0.05) is 109 Å². The van der Waals surface area contributed by atoms with Crippen LogP contribution < -0.4 is 4.72 Å². The molecule has 0 amide bonds. The van der Waals surface area contributed by atoms with E-state index in [1.165, 1.54) is 70.6 Å². The molecule has 1 atom stereocenters. The predicted molar refractivity (Wildman–Crippen MR) is 212 cm³/mol. The number of hydrogen-bond donors (Lipinski definition) is 4. The fraction of sp³-hybridized carbons (Fsp3) is 0.452. The van der Waals surface area contributed by atoms with E-state index in [0.29, 0.717) is 6.42 Å². The standard InChI is InChI=1S/C42H46N2O6S2/c1-3-5-7-9-11-12-13-14-15-16-17-18-19-23-27-31-35-52(49,50)44-39-37-40(45)38(36-41(39)46)43-51(33-29-25-21-10-8-6-4-2)34-30-26-22-20-24-28-32-42(47)48/h36-37,44-46H,3,5,7,9,11-19,23,27,31,35H2,1-2H3,(H,47,48). The van der Waals surface area contributed by atoms with Crippen LogP contribution in [0.25, 0.3) is 0 Å². The van der Waals surface area contributed by atoms with Gasteiger partial charge >= 0.3 is 5.97 Å². The van der Waals surface area contributed by atoms with E-state index in [-0.39, 0.29) is 17.1 Å². The van der Waals surface area contributed by atoms with Gasteiger partial charge in [-0.3, -0.25) is 4.72 Å². The van der Waals surface area contributed by atoms with Crippen LogP contribution >= 0.6 is 0 Å². The molecule has 1 rings (SSSR count). The molecule has 0 heterocycles. The maximum Gasteiger partial charge on any atom is 0.382 e. The van der Waals surface area contributed by atoms with Crippen LogP contribution in [0.5, 0.6) is 11.5 Å². The van der Waals surface area contributed by atoms with E-state index in [4.69, 9.17) is 5.11 Å². The Morgan fingerprint density at radius 1 is 0.654 bits per heavy atom. The summed E-state index contributed by atoms with van der Waals surface area (Å²) < 4.78 is 32.0. The van der Waals surface area contributed by atoms with Crippen LogP contribution in [0.2, 0.25) is 0 Å². The highest BCUT2D eigenvalue weighted by molar-refractivity contribution is 7.96. The maximum atomic E-state index is 12.7. The van der Waals surface area contributed by atoms with Crippen molar-refractivity contribution in [3.05, 3.63) is 12.1 Å². The highest BCUT2D eigenvalue weighted by atomic mass is 32.2. The third kappa shape index (κ3) is 24.7. The Labute approximate surface area is 313 Å². The largest absolute Gasteiger partial charge is 0.506 e. The van der Waals surface area contributed by atoms with Gasteiger partial charge in [0.05, 0.1) is 22.1 Å². The van der Waals surface area contributed by atoms with Crippen LogP contribution in [0.1, 0.15) is 117 Å². The van der Waals surface area contributed by atoms with Gasteiger partial charge in [0, 0.05) is 28.6 Å². The number of carboxylic acids is 1. The molecular formula is C42H46N2O6S2. The van der Waals surface area contributed by atoms with Crippen LogP contribution in [-0.4, -0.2) is 35.5 Å². The Morgan fingerprint density at radius 3 is 1.58 bits per heavy atom. The summed E-state index contributed by atoms with van der Waals surface area (Å²) in [6, 6.07) is 2.17. The number of aliphatic carboxylic acids is 1. The lowest BCUT2D eigenvalue weighted by Crippen LogP contribution is -2.16. The first-order valence-electron chi connectivity index (χ1n) is 17.4. The van der Waals surface area contributed by atoms with Gasteiger partial charge in [0.2, 0.25) is 10.0 Å². The summed E-state index contributed by atoms with van der Waals surface area (Å²) in [7, 11) is -5.17. The van der Waals surface area contributed by atoms with E-state index < -0.39 is 38.2 Å². The molecule has 1 aromatic rings. The fourth-order valence-electron chi connectivity index (χ4n) is 4.49. The third-order valence-electron chi connectivity index (χ3n) is 7.03. The molecule has 0 bridgehead atoms. The molecule has 0 spiro atoms. The number of aromatic hydroxyl groups is 2. The van der Waals surface area contributed by atoms with Crippen molar-refractivity contribution in [3.63, 3.8) is 0 Å². The van der Waals surface area contributed by atoms with Crippen molar-refractivity contribution >= 4 is 38.1 Å². The minimum Gasteiger partial charge on any atom is -0.506 e. The SMILES string of the molecule is CC#CC#CC#CC#CS(C#CC#CC#CC#CC(=O)O)=Nc1cc(O)c(NS(=O)(=O)CCCCCCCCCCCCCCCCCC)cc1O. The first kappa shape index (κ1) is 44.7. The number of sulfonamides is 1. The topological polar surface area (TPSA) is 136 Å². The molecule has 0 saturated carbocycles. The average molecular weight is 739 g/mol. The van der Waals surface area contributed by atoms with Crippen molar-refractivity contribution in [2.75, 3.05) is 10.5 Å². The number of hydrogen-bond acceptors (Lipinski definition) is 6. The zero-order valence-corrected chi connectivity index (χ0v) is 31.6. The van der Waals surface area contributed by atoms with Gasteiger partial charge in [-0.2, -0.15) is 4.36 Å². The van der Waals surface area contributed by atoms with Gasteiger partial charge in [-0.05, 0) is 84.4 Å².